The van der Waals surface area contributed by atoms with Crippen LogP contribution >= 0.6 is 0 Å². The molecule has 154 valence electrons. The lowest BCUT2D eigenvalue weighted by Crippen LogP contribution is -2.34. The smallest absolute Gasteiger partial charge is 0.143 e. The van der Waals surface area contributed by atoms with Crippen LogP contribution in [-0.2, 0) is 10.3 Å². The zero-order valence-corrected chi connectivity index (χ0v) is 17.3. The molecule has 2 aliphatic rings. The summed E-state index contributed by atoms with van der Waals surface area (Å²) in [6, 6.07) is 28.8. The second-order valence-corrected chi connectivity index (χ2v) is 8.86. The van der Waals surface area contributed by atoms with Gasteiger partial charge >= 0.3 is 0 Å². The summed E-state index contributed by atoms with van der Waals surface area (Å²) in [4.78, 5) is 0. The SMILES string of the molecule is ONc1cccc(C(OCC[C@]23CCC[C@H]2C3)(c2ccccc2)c2ccccc2)c1. The second-order valence-electron chi connectivity index (χ2n) is 8.86. The molecule has 0 unspecified atom stereocenters. The largest absolute Gasteiger partial charge is 0.361 e. The van der Waals surface area contributed by atoms with E-state index in [1.54, 1.807) is 0 Å². The summed E-state index contributed by atoms with van der Waals surface area (Å²) in [6.45, 7) is 0.719. The predicted octanol–water partition coefficient (Wildman–Crippen LogP) is 6.38. The first kappa shape index (κ1) is 19.3. The van der Waals surface area contributed by atoms with Crippen molar-refractivity contribution in [1.29, 1.82) is 0 Å². The molecule has 0 spiro atoms. The number of ether oxygens (including phenoxy) is 1. The minimum absolute atomic E-state index is 0.535. The molecular weight excluding hydrogens is 370 g/mol. The Kier molecular flexibility index (Phi) is 5.10. The van der Waals surface area contributed by atoms with Crippen LogP contribution in [0.5, 0.6) is 0 Å². The number of rotatable bonds is 8. The minimum Gasteiger partial charge on any atom is -0.361 e. The highest BCUT2D eigenvalue weighted by Crippen LogP contribution is 2.65. The maximum Gasteiger partial charge on any atom is 0.143 e. The van der Waals surface area contributed by atoms with Crippen LogP contribution in [0.4, 0.5) is 5.69 Å². The van der Waals surface area contributed by atoms with E-state index >= 15 is 0 Å². The second kappa shape index (κ2) is 7.90. The molecule has 5 rings (SSSR count). The van der Waals surface area contributed by atoms with Crippen molar-refractivity contribution in [2.45, 2.75) is 37.7 Å². The van der Waals surface area contributed by atoms with E-state index in [4.69, 9.17) is 4.74 Å². The van der Waals surface area contributed by atoms with E-state index in [0.29, 0.717) is 11.1 Å². The summed E-state index contributed by atoms with van der Waals surface area (Å²) < 4.78 is 6.93. The van der Waals surface area contributed by atoms with E-state index < -0.39 is 5.60 Å². The lowest BCUT2D eigenvalue weighted by atomic mass is 9.79. The van der Waals surface area contributed by atoms with Crippen LogP contribution in [0.15, 0.2) is 84.9 Å². The van der Waals surface area contributed by atoms with Crippen LogP contribution in [0.3, 0.4) is 0 Å². The third-order valence-electron chi connectivity index (χ3n) is 7.26. The van der Waals surface area contributed by atoms with Gasteiger partial charge in [-0.25, -0.2) is 0 Å². The molecule has 3 nitrogen and oxygen atoms in total. The summed E-state index contributed by atoms with van der Waals surface area (Å²) in [5.74, 6) is 0.922. The third-order valence-corrected chi connectivity index (χ3v) is 7.26. The van der Waals surface area contributed by atoms with Crippen molar-refractivity contribution in [2.24, 2.45) is 11.3 Å². The van der Waals surface area contributed by atoms with Crippen LogP contribution in [0.2, 0.25) is 0 Å². The van der Waals surface area contributed by atoms with Gasteiger partial charge in [-0.15, -0.1) is 0 Å². The fourth-order valence-electron chi connectivity index (χ4n) is 5.59. The van der Waals surface area contributed by atoms with Crippen molar-refractivity contribution in [1.82, 2.24) is 0 Å². The van der Waals surface area contributed by atoms with Crippen LogP contribution < -0.4 is 5.48 Å². The topological polar surface area (TPSA) is 41.5 Å². The van der Waals surface area contributed by atoms with Gasteiger partial charge < -0.3 is 4.74 Å². The first-order valence-electron chi connectivity index (χ1n) is 11.0. The van der Waals surface area contributed by atoms with Gasteiger partial charge in [0.2, 0.25) is 0 Å². The first-order valence-corrected chi connectivity index (χ1v) is 11.0. The normalized spacial score (nSPS) is 22.5. The highest BCUT2D eigenvalue weighted by molar-refractivity contribution is 5.53. The van der Waals surface area contributed by atoms with E-state index in [0.717, 1.165) is 35.6 Å². The number of hydrogen-bond donors (Lipinski definition) is 2. The number of nitrogens with one attached hydrogen (secondary N) is 1. The maximum atomic E-state index is 9.54. The van der Waals surface area contributed by atoms with Crippen molar-refractivity contribution < 1.29 is 9.94 Å². The molecule has 3 aromatic carbocycles. The van der Waals surface area contributed by atoms with E-state index in [-0.39, 0.29) is 0 Å². The Morgan fingerprint density at radius 3 is 2.13 bits per heavy atom. The Labute approximate surface area is 178 Å². The van der Waals surface area contributed by atoms with Gasteiger partial charge in [0.1, 0.15) is 5.60 Å². The highest BCUT2D eigenvalue weighted by atomic mass is 16.5. The van der Waals surface area contributed by atoms with E-state index in [1.165, 1.54) is 25.7 Å². The fraction of sp³-hybridized carbons (Fsp3) is 0.333. The molecule has 3 aromatic rings. The maximum absolute atomic E-state index is 9.54. The standard InChI is InChI=1S/C27H29NO2/c29-28-25-15-7-13-23(19-25)27(21-9-3-1-4-10-21,22-11-5-2-6-12-22)30-18-17-26-16-8-14-24(26)20-26/h1-7,9-13,15,19,24,28-29H,8,14,16-18,20H2/t24-,26-/m0/s1. The predicted molar refractivity (Wildman–Crippen MR) is 120 cm³/mol. The Morgan fingerprint density at radius 2 is 1.57 bits per heavy atom. The molecule has 0 radical (unpaired) electrons. The molecule has 0 aliphatic heterocycles. The van der Waals surface area contributed by atoms with Crippen LogP contribution in [0.25, 0.3) is 0 Å². The van der Waals surface area contributed by atoms with Gasteiger partial charge in [-0.3, -0.25) is 10.7 Å². The van der Waals surface area contributed by atoms with Gasteiger partial charge in [0.05, 0.1) is 5.69 Å². The van der Waals surface area contributed by atoms with E-state index in [9.17, 15) is 5.21 Å². The van der Waals surface area contributed by atoms with E-state index in [1.807, 2.05) is 30.3 Å². The Balaban J connectivity index is 1.58. The number of anilines is 1. The molecule has 3 heteroatoms. The zero-order chi connectivity index (χ0) is 20.4. The van der Waals surface area contributed by atoms with Gasteiger partial charge in [0.25, 0.3) is 0 Å². The van der Waals surface area contributed by atoms with Gasteiger partial charge in [-0.1, -0.05) is 79.2 Å². The van der Waals surface area contributed by atoms with Gasteiger partial charge in [0.15, 0.2) is 0 Å². The van der Waals surface area contributed by atoms with Crippen molar-refractivity contribution >= 4 is 5.69 Å². The van der Waals surface area contributed by atoms with Crippen molar-refractivity contribution in [3.63, 3.8) is 0 Å². The molecule has 0 aromatic heterocycles. The Hall–Kier alpha value is -2.62. The number of fused-ring (bicyclic) bond motifs is 1. The third kappa shape index (κ3) is 3.32. The lowest BCUT2D eigenvalue weighted by Gasteiger charge is -2.36. The molecular formula is C27H29NO2. The summed E-state index contributed by atoms with van der Waals surface area (Å²) in [7, 11) is 0. The molecule has 2 saturated carbocycles. The minimum atomic E-state index is -0.727. The summed E-state index contributed by atoms with van der Waals surface area (Å²) in [6.07, 6.45) is 6.62. The van der Waals surface area contributed by atoms with Crippen LogP contribution in [0, 0.1) is 11.3 Å². The van der Waals surface area contributed by atoms with Gasteiger partial charge in [-0.05, 0) is 65.8 Å². The zero-order valence-electron chi connectivity index (χ0n) is 17.3. The van der Waals surface area contributed by atoms with Gasteiger partial charge in [-0.2, -0.15) is 0 Å². The van der Waals surface area contributed by atoms with Crippen molar-refractivity contribution in [3.8, 4) is 0 Å². The van der Waals surface area contributed by atoms with Crippen molar-refractivity contribution in [3.05, 3.63) is 102 Å². The molecule has 2 N–H and O–H groups in total. The summed E-state index contributed by atoms with van der Waals surface area (Å²) in [5.41, 5.74) is 5.97. The lowest BCUT2D eigenvalue weighted by molar-refractivity contribution is 0.00336. The number of benzene rings is 3. The average molecular weight is 400 g/mol. The van der Waals surface area contributed by atoms with Crippen molar-refractivity contribution in [2.75, 3.05) is 12.1 Å². The Morgan fingerprint density at radius 1 is 0.900 bits per heavy atom. The van der Waals surface area contributed by atoms with E-state index in [2.05, 4.69) is 60.1 Å². The average Bonchev–Trinajstić information content (AvgIpc) is 3.36. The highest BCUT2D eigenvalue weighted by Gasteiger charge is 2.56. The summed E-state index contributed by atoms with van der Waals surface area (Å²) in [5, 5.41) is 9.54. The molecule has 2 atom stereocenters. The quantitative estimate of drug-likeness (QED) is 0.341. The fourth-order valence-corrected chi connectivity index (χ4v) is 5.59. The van der Waals surface area contributed by atoms with Gasteiger partial charge in [0, 0.05) is 6.61 Å². The molecule has 0 heterocycles. The molecule has 0 amide bonds. The molecule has 30 heavy (non-hydrogen) atoms. The molecule has 2 fully saturated rings. The van der Waals surface area contributed by atoms with Crippen LogP contribution in [0.1, 0.15) is 48.8 Å². The molecule has 2 aliphatic carbocycles. The summed E-state index contributed by atoms with van der Waals surface area (Å²) >= 11 is 0. The first-order chi connectivity index (χ1) is 14.8. The monoisotopic (exact) mass is 399 g/mol. The van der Waals surface area contributed by atoms with Crippen LogP contribution in [-0.4, -0.2) is 11.8 Å². The Bertz CT molecular complexity index is 949. The number of hydrogen-bond acceptors (Lipinski definition) is 3. The molecule has 0 saturated heterocycles. The molecule has 0 bridgehead atoms.